The summed E-state index contributed by atoms with van der Waals surface area (Å²) in [6, 6.07) is 0. The molecule has 0 aromatic heterocycles. The molecule has 0 heterocycles. The molecule has 134 valence electrons. The van der Waals surface area contributed by atoms with Gasteiger partial charge in [-0.25, -0.2) is 0 Å². The van der Waals surface area contributed by atoms with Gasteiger partial charge in [0.1, 0.15) is 18.7 Å². The Labute approximate surface area is 149 Å². The zero-order valence-corrected chi connectivity index (χ0v) is 15.7. The first-order valence-electron chi connectivity index (χ1n) is 7.00. The predicted molar refractivity (Wildman–Crippen MR) is 75.3 cm³/mol. The molecule has 0 fully saturated rings. The normalized spacial score (nSPS) is 9.82. The van der Waals surface area contributed by atoms with Crippen molar-refractivity contribution in [2.45, 2.75) is 25.7 Å². The number of unbranched alkanes of at least 4 members (excludes halogenated alkanes) is 3. The molecule has 0 aliphatic heterocycles. The van der Waals surface area contributed by atoms with E-state index in [2.05, 4.69) is 31.8 Å². The van der Waals surface area contributed by atoms with Crippen LogP contribution in [-0.4, -0.2) is 69.2 Å². The molecule has 8 nitrogen and oxygen atoms in total. The summed E-state index contributed by atoms with van der Waals surface area (Å²) in [7, 11) is 6.16. The van der Waals surface area contributed by atoms with Crippen molar-refractivity contribution in [2.24, 2.45) is 0 Å². The highest BCUT2D eigenvalue weighted by Crippen LogP contribution is 1.97. The second-order valence-corrected chi connectivity index (χ2v) is 5.58. The molecule has 2 amide bonds. The number of halogens is 1. The first-order valence-corrected chi connectivity index (χ1v) is 7.00. The maximum atomic E-state index is 9.91. The molecule has 0 saturated heterocycles. The van der Waals surface area contributed by atoms with E-state index in [0.717, 1.165) is 36.7 Å². The van der Waals surface area contributed by atoms with Crippen molar-refractivity contribution >= 4 is 12.2 Å². The SMILES string of the molecule is C[N+](C)(C)CCO.O=C([O-])NCCCCCCNC(=O)[O-].[I-]. The zero-order chi connectivity index (χ0) is 16.7. The number of carbonyl (C=O) groups excluding carboxylic acids is 2. The Morgan fingerprint density at radius 3 is 1.45 bits per heavy atom. The molecule has 0 spiro atoms. The largest absolute Gasteiger partial charge is 1.00 e. The summed E-state index contributed by atoms with van der Waals surface area (Å²) in [6.07, 6.45) is 0.662. The Kier molecular flexibility index (Phi) is 19.6. The minimum Gasteiger partial charge on any atom is -1.00 e. The van der Waals surface area contributed by atoms with Crippen molar-refractivity contribution in [3.8, 4) is 0 Å². The number of hydrogen-bond donors (Lipinski definition) is 3. The fourth-order valence-corrected chi connectivity index (χ4v) is 1.28. The highest BCUT2D eigenvalue weighted by molar-refractivity contribution is 5.61. The first kappa shape index (κ1) is 26.1. The van der Waals surface area contributed by atoms with Crippen molar-refractivity contribution in [3.05, 3.63) is 0 Å². The molecular formula is C13H28IN3O5-2. The lowest BCUT2D eigenvalue weighted by molar-refractivity contribution is -0.870. The summed E-state index contributed by atoms with van der Waals surface area (Å²) in [4.78, 5) is 19.8. The molecule has 0 aliphatic carbocycles. The van der Waals surface area contributed by atoms with Crippen LogP contribution in [0.25, 0.3) is 0 Å². The number of amides is 2. The van der Waals surface area contributed by atoms with Gasteiger partial charge >= 0.3 is 0 Å². The van der Waals surface area contributed by atoms with Crippen LogP contribution in [0.1, 0.15) is 25.7 Å². The topological polar surface area (TPSA) is 125 Å². The van der Waals surface area contributed by atoms with E-state index in [9.17, 15) is 19.8 Å². The molecule has 3 N–H and O–H groups in total. The summed E-state index contributed by atoms with van der Waals surface area (Å²) < 4.78 is 0.844. The summed E-state index contributed by atoms with van der Waals surface area (Å²) in [6.45, 7) is 1.88. The van der Waals surface area contributed by atoms with Gasteiger partial charge in [0.25, 0.3) is 0 Å². The summed E-state index contributed by atoms with van der Waals surface area (Å²) in [5, 5.41) is 32.5. The van der Waals surface area contributed by atoms with Gasteiger partial charge in [0, 0.05) is 13.1 Å². The maximum Gasteiger partial charge on any atom is 0.134 e. The molecule has 0 radical (unpaired) electrons. The van der Waals surface area contributed by atoms with E-state index >= 15 is 0 Å². The van der Waals surface area contributed by atoms with Gasteiger partial charge in [-0.1, -0.05) is 12.8 Å². The van der Waals surface area contributed by atoms with Crippen LogP contribution in [0.5, 0.6) is 0 Å². The third kappa shape index (κ3) is 31.5. The summed E-state index contributed by atoms with van der Waals surface area (Å²) >= 11 is 0. The van der Waals surface area contributed by atoms with Crippen molar-refractivity contribution in [1.29, 1.82) is 0 Å². The number of nitrogens with one attached hydrogen (secondary N) is 2. The standard InChI is InChI=1S/C8H16N2O4.C5H14NO.HI/c11-7(12)9-5-3-1-2-4-6-10-8(13)14;1-6(2,3)4-5-7;/h9-10H,1-6H2,(H,11,12)(H,13,14);7H,4-5H2,1-3H3;1H/q;+1;/p-3. The summed E-state index contributed by atoms with van der Waals surface area (Å²) in [5.74, 6) is 0. The highest BCUT2D eigenvalue weighted by Gasteiger charge is 2.02. The van der Waals surface area contributed by atoms with Crippen LogP contribution >= 0.6 is 0 Å². The molecule has 0 aromatic rings. The van der Waals surface area contributed by atoms with Gasteiger partial charge in [0.05, 0.1) is 27.7 Å². The lowest BCUT2D eigenvalue weighted by Crippen LogP contribution is -3.00. The zero-order valence-electron chi connectivity index (χ0n) is 13.6. The molecule has 0 saturated carbocycles. The second-order valence-electron chi connectivity index (χ2n) is 5.58. The Morgan fingerprint density at radius 2 is 1.27 bits per heavy atom. The quantitative estimate of drug-likeness (QED) is 0.191. The van der Waals surface area contributed by atoms with E-state index in [1.807, 2.05) is 0 Å². The summed E-state index contributed by atoms with van der Waals surface area (Å²) in [5.41, 5.74) is 0. The maximum absolute atomic E-state index is 9.91. The average Bonchev–Trinajstić information content (AvgIpc) is 2.31. The van der Waals surface area contributed by atoms with Crippen molar-refractivity contribution in [3.63, 3.8) is 0 Å². The van der Waals surface area contributed by atoms with E-state index in [-0.39, 0.29) is 30.6 Å². The van der Waals surface area contributed by atoms with E-state index in [1.54, 1.807) is 0 Å². The van der Waals surface area contributed by atoms with Crippen LogP contribution in [0.3, 0.4) is 0 Å². The van der Waals surface area contributed by atoms with E-state index in [4.69, 9.17) is 5.11 Å². The molecule has 0 aliphatic rings. The predicted octanol–water partition coefficient (Wildman–Crippen LogP) is -4.90. The third-order valence-electron chi connectivity index (χ3n) is 2.41. The molecule has 0 bridgehead atoms. The molecule has 0 rings (SSSR count). The highest BCUT2D eigenvalue weighted by atomic mass is 127. The van der Waals surface area contributed by atoms with Crippen LogP contribution in [0.15, 0.2) is 0 Å². The van der Waals surface area contributed by atoms with Gasteiger partial charge in [-0.2, -0.15) is 0 Å². The third-order valence-corrected chi connectivity index (χ3v) is 2.41. The lowest BCUT2D eigenvalue weighted by Gasteiger charge is -2.21. The molecule has 0 aromatic carbocycles. The van der Waals surface area contributed by atoms with Gasteiger partial charge in [0.15, 0.2) is 0 Å². The van der Waals surface area contributed by atoms with E-state index in [0.29, 0.717) is 13.1 Å². The molecular weight excluding hydrogens is 405 g/mol. The van der Waals surface area contributed by atoms with E-state index in [1.165, 1.54) is 0 Å². The number of quaternary nitrogens is 1. The van der Waals surface area contributed by atoms with Gasteiger partial charge in [-0.05, 0) is 12.8 Å². The smallest absolute Gasteiger partial charge is 0.134 e. The van der Waals surface area contributed by atoms with Crippen LogP contribution in [0.4, 0.5) is 9.59 Å². The molecule has 0 atom stereocenters. The second kappa shape index (κ2) is 16.6. The number of rotatable bonds is 9. The number of aliphatic hydroxyl groups excluding tert-OH is 1. The van der Waals surface area contributed by atoms with Gasteiger partial charge in [0.2, 0.25) is 0 Å². The number of aliphatic hydroxyl groups is 1. The number of hydrogen-bond acceptors (Lipinski definition) is 5. The number of carboxylic acid groups (broad SMARTS) is 2. The Hall–Kier alpha value is -0.810. The molecule has 0 unspecified atom stereocenters. The lowest BCUT2D eigenvalue weighted by atomic mass is 10.2. The Bertz CT molecular complexity index is 265. The van der Waals surface area contributed by atoms with Crippen LogP contribution in [-0.2, 0) is 0 Å². The Balaban J connectivity index is -0.000000385. The minimum absolute atomic E-state index is 0. The van der Waals surface area contributed by atoms with Gasteiger partial charge < -0.3 is 64.0 Å². The van der Waals surface area contributed by atoms with Crippen LogP contribution < -0.4 is 44.8 Å². The number of likely N-dealkylation sites (N-methyl/N-ethyl adjacent to an activating group) is 1. The fourth-order valence-electron chi connectivity index (χ4n) is 1.28. The number of carbonyl (C=O) groups is 2. The van der Waals surface area contributed by atoms with Crippen molar-refractivity contribution < 1.29 is 53.4 Å². The van der Waals surface area contributed by atoms with Gasteiger partial charge in [-0.3, -0.25) is 0 Å². The monoisotopic (exact) mass is 433 g/mol. The van der Waals surface area contributed by atoms with Crippen molar-refractivity contribution in [2.75, 3.05) is 47.4 Å². The molecule has 9 heteroatoms. The van der Waals surface area contributed by atoms with Crippen LogP contribution in [0.2, 0.25) is 0 Å². The average molecular weight is 433 g/mol. The number of nitrogens with zero attached hydrogens (tertiary/aromatic N) is 1. The minimum atomic E-state index is -1.26. The van der Waals surface area contributed by atoms with Crippen LogP contribution in [0, 0.1) is 0 Å². The fraction of sp³-hybridized carbons (Fsp3) is 0.846. The molecule has 22 heavy (non-hydrogen) atoms. The first-order chi connectivity index (χ1) is 9.69. The van der Waals surface area contributed by atoms with E-state index < -0.39 is 12.2 Å². The Morgan fingerprint density at radius 1 is 0.909 bits per heavy atom. The van der Waals surface area contributed by atoms with Gasteiger partial charge in [-0.15, -0.1) is 0 Å². The van der Waals surface area contributed by atoms with Crippen molar-refractivity contribution in [1.82, 2.24) is 10.6 Å².